The second kappa shape index (κ2) is 10.4. The summed E-state index contributed by atoms with van der Waals surface area (Å²) in [6, 6.07) is 13.8. The Labute approximate surface area is 181 Å². The highest BCUT2D eigenvalue weighted by Gasteiger charge is 2.30. The van der Waals surface area contributed by atoms with Gasteiger partial charge in [-0.15, -0.1) is 0 Å². The standard InChI is InChI=1S/C24H28F2N2O3/c1-3-22(29)27-15-16-4-11-20(14-16)28(2)23(30)19-7-5-17(6-8-19)18-9-12-21(13-10-18)31-24(25)26/h5-10,12-13,16,20,24H,3-4,11,14-15H2,1-2H3,(H,27,29). The van der Waals surface area contributed by atoms with E-state index in [-0.39, 0.29) is 23.6 Å². The minimum absolute atomic E-state index is 0.0320. The maximum Gasteiger partial charge on any atom is 0.387 e. The summed E-state index contributed by atoms with van der Waals surface area (Å²) < 4.78 is 28.9. The topological polar surface area (TPSA) is 58.6 Å². The predicted molar refractivity (Wildman–Crippen MR) is 115 cm³/mol. The van der Waals surface area contributed by atoms with E-state index in [0.29, 0.717) is 24.4 Å². The van der Waals surface area contributed by atoms with E-state index in [1.54, 1.807) is 29.2 Å². The summed E-state index contributed by atoms with van der Waals surface area (Å²) >= 11 is 0. The Bertz CT molecular complexity index is 885. The van der Waals surface area contributed by atoms with Gasteiger partial charge in [0.2, 0.25) is 5.91 Å². The molecule has 2 aromatic carbocycles. The number of hydrogen-bond donors (Lipinski definition) is 1. The van der Waals surface area contributed by atoms with Crippen LogP contribution in [-0.2, 0) is 4.79 Å². The van der Waals surface area contributed by atoms with Crippen molar-refractivity contribution in [2.75, 3.05) is 13.6 Å². The fraction of sp³-hybridized carbons (Fsp3) is 0.417. The molecule has 0 aromatic heterocycles. The van der Waals surface area contributed by atoms with E-state index >= 15 is 0 Å². The molecule has 166 valence electrons. The van der Waals surface area contributed by atoms with Gasteiger partial charge in [-0.25, -0.2) is 0 Å². The molecule has 2 amide bonds. The monoisotopic (exact) mass is 430 g/mol. The van der Waals surface area contributed by atoms with E-state index in [1.807, 2.05) is 26.1 Å². The molecule has 0 spiro atoms. The molecule has 0 radical (unpaired) electrons. The predicted octanol–water partition coefficient (Wildman–Crippen LogP) is 4.72. The lowest BCUT2D eigenvalue weighted by molar-refractivity contribution is -0.120. The Morgan fingerprint density at radius 3 is 2.26 bits per heavy atom. The number of carbonyl (C=O) groups excluding carboxylic acids is 2. The third kappa shape index (κ3) is 6.03. The first kappa shape index (κ1) is 22.7. The van der Waals surface area contributed by atoms with Crippen molar-refractivity contribution < 1.29 is 23.1 Å². The molecule has 7 heteroatoms. The molecule has 2 aromatic rings. The van der Waals surface area contributed by atoms with E-state index < -0.39 is 6.61 Å². The van der Waals surface area contributed by atoms with Crippen LogP contribution in [0.2, 0.25) is 0 Å². The van der Waals surface area contributed by atoms with Gasteiger partial charge in [-0.1, -0.05) is 31.2 Å². The van der Waals surface area contributed by atoms with Crippen LogP contribution >= 0.6 is 0 Å². The first-order chi connectivity index (χ1) is 14.9. The summed E-state index contributed by atoms with van der Waals surface area (Å²) in [4.78, 5) is 26.2. The minimum atomic E-state index is -2.85. The number of nitrogens with one attached hydrogen (secondary N) is 1. The lowest BCUT2D eigenvalue weighted by Gasteiger charge is -2.25. The van der Waals surface area contributed by atoms with Gasteiger partial charge < -0.3 is 15.0 Å². The molecule has 0 aliphatic heterocycles. The minimum Gasteiger partial charge on any atom is -0.435 e. The van der Waals surface area contributed by atoms with Crippen LogP contribution in [0.1, 0.15) is 43.0 Å². The molecular weight excluding hydrogens is 402 g/mol. The summed E-state index contributed by atoms with van der Waals surface area (Å²) in [5.41, 5.74) is 2.34. The van der Waals surface area contributed by atoms with Gasteiger partial charge in [0.15, 0.2) is 0 Å². The summed E-state index contributed by atoms with van der Waals surface area (Å²) in [6.45, 7) is -0.346. The fourth-order valence-electron chi connectivity index (χ4n) is 3.97. The largest absolute Gasteiger partial charge is 0.435 e. The Hall–Kier alpha value is -2.96. The lowest BCUT2D eigenvalue weighted by atomic mass is 10.0. The molecule has 5 nitrogen and oxygen atoms in total. The number of halogens is 2. The quantitative estimate of drug-likeness (QED) is 0.659. The van der Waals surface area contributed by atoms with E-state index in [1.165, 1.54) is 12.1 Å². The van der Waals surface area contributed by atoms with Crippen LogP contribution in [0.4, 0.5) is 8.78 Å². The molecular formula is C24H28F2N2O3. The molecule has 2 unspecified atom stereocenters. The van der Waals surface area contributed by atoms with E-state index in [4.69, 9.17) is 0 Å². The molecule has 1 saturated carbocycles. The smallest absolute Gasteiger partial charge is 0.387 e. The summed E-state index contributed by atoms with van der Waals surface area (Å²) in [5, 5.41) is 2.94. The van der Waals surface area contributed by atoms with Crippen molar-refractivity contribution in [3.8, 4) is 16.9 Å². The van der Waals surface area contributed by atoms with Crippen molar-refractivity contribution in [3.63, 3.8) is 0 Å². The molecule has 1 fully saturated rings. The van der Waals surface area contributed by atoms with Crippen LogP contribution in [0.5, 0.6) is 5.75 Å². The van der Waals surface area contributed by atoms with Crippen LogP contribution in [0.15, 0.2) is 48.5 Å². The highest BCUT2D eigenvalue weighted by Crippen LogP contribution is 2.30. The summed E-state index contributed by atoms with van der Waals surface area (Å²) in [7, 11) is 1.83. The van der Waals surface area contributed by atoms with E-state index in [0.717, 1.165) is 30.4 Å². The van der Waals surface area contributed by atoms with Gasteiger partial charge in [-0.2, -0.15) is 8.78 Å². The van der Waals surface area contributed by atoms with Crippen LogP contribution in [-0.4, -0.2) is 43.0 Å². The molecule has 31 heavy (non-hydrogen) atoms. The fourth-order valence-corrected chi connectivity index (χ4v) is 3.97. The number of ether oxygens (including phenoxy) is 1. The van der Waals surface area contributed by atoms with Crippen molar-refractivity contribution in [1.29, 1.82) is 0 Å². The SMILES string of the molecule is CCC(=O)NCC1CCC(N(C)C(=O)c2ccc(-c3ccc(OC(F)F)cc3)cc2)C1. The average Bonchev–Trinajstić information content (AvgIpc) is 3.26. The number of amides is 2. The highest BCUT2D eigenvalue weighted by atomic mass is 19.3. The van der Waals surface area contributed by atoms with Crippen LogP contribution in [0, 0.1) is 5.92 Å². The van der Waals surface area contributed by atoms with Gasteiger partial charge >= 0.3 is 6.61 Å². The molecule has 0 saturated heterocycles. The molecule has 1 aliphatic rings. The maximum absolute atomic E-state index is 12.9. The first-order valence-electron chi connectivity index (χ1n) is 10.6. The first-order valence-corrected chi connectivity index (χ1v) is 10.6. The molecule has 3 rings (SSSR count). The van der Waals surface area contributed by atoms with E-state index in [2.05, 4.69) is 10.1 Å². The van der Waals surface area contributed by atoms with Gasteiger partial charge in [0, 0.05) is 31.6 Å². The zero-order valence-electron chi connectivity index (χ0n) is 17.8. The average molecular weight is 430 g/mol. The Morgan fingerprint density at radius 2 is 1.68 bits per heavy atom. The third-order valence-corrected chi connectivity index (χ3v) is 5.84. The normalized spacial score (nSPS) is 18.1. The molecule has 1 N–H and O–H groups in total. The summed E-state index contributed by atoms with van der Waals surface area (Å²) in [5.74, 6) is 0.533. The zero-order valence-corrected chi connectivity index (χ0v) is 17.8. The Morgan fingerprint density at radius 1 is 1.06 bits per heavy atom. The molecule has 0 bridgehead atoms. The van der Waals surface area contributed by atoms with Crippen molar-refractivity contribution in [1.82, 2.24) is 10.2 Å². The van der Waals surface area contributed by atoms with Gasteiger partial charge in [0.1, 0.15) is 5.75 Å². The van der Waals surface area contributed by atoms with Crippen LogP contribution < -0.4 is 10.1 Å². The number of nitrogens with zero attached hydrogens (tertiary/aromatic N) is 1. The van der Waals surface area contributed by atoms with E-state index in [9.17, 15) is 18.4 Å². The number of alkyl halides is 2. The van der Waals surface area contributed by atoms with Gasteiger partial charge in [-0.3, -0.25) is 9.59 Å². The molecule has 1 aliphatic carbocycles. The van der Waals surface area contributed by atoms with Crippen molar-refractivity contribution in [3.05, 3.63) is 54.1 Å². The number of benzene rings is 2. The highest BCUT2D eigenvalue weighted by molar-refractivity contribution is 5.94. The Kier molecular flexibility index (Phi) is 7.60. The van der Waals surface area contributed by atoms with Gasteiger partial charge in [-0.05, 0) is 60.6 Å². The van der Waals surface area contributed by atoms with Gasteiger partial charge in [0.05, 0.1) is 0 Å². The number of rotatable bonds is 8. The van der Waals surface area contributed by atoms with Crippen molar-refractivity contribution in [2.45, 2.75) is 45.3 Å². The van der Waals surface area contributed by atoms with Crippen LogP contribution in [0.25, 0.3) is 11.1 Å². The second-order valence-corrected chi connectivity index (χ2v) is 7.89. The Balaban J connectivity index is 1.58. The second-order valence-electron chi connectivity index (χ2n) is 7.89. The van der Waals surface area contributed by atoms with Gasteiger partial charge in [0.25, 0.3) is 5.91 Å². The third-order valence-electron chi connectivity index (χ3n) is 5.84. The molecule has 0 heterocycles. The lowest BCUT2D eigenvalue weighted by Crippen LogP contribution is -2.36. The summed E-state index contributed by atoms with van der Waals surface area (Å²) in [6.07, 6.45) is 3.30. The van der Waals surface area contributed by atoms with Crippen molar-refractivity contribution >= 4 is 11.8 Å². The zero-order chi connectivity index (χ0) is 22.4. The molecule has 2 atom stereocenters. The maximum atomic E-state index is 12.9. The van der Waals surface area contributed by atoms with Crippen LogP contribution in [0.3, 0.4) is 0 Å². The van der Waals surface area contributed by atoms with Crippen molar-refractivity contribution in [2.24, 2.45) is 5.92 Å². The number of hydrogen-bond acceptors (Lipinski definition) is 3. The number of carbonyl (C=O) groups is 2.